The first kappa shape index (κ1) is 13.1. The highest BCUT2D eigenvalue weighted by Crippen LogP contribution is 2.55. The van der Waals surface area contributed by atoms with E-state index in [1.807, 2.05) is 0 Å². The first-order valence-corrected chi connectivity index (χ1v) is 7.61. The van der Waals surface area contributed by atoms with Crippen LogP contribution < -0.4 is 0 Å². The second kappa shape index (κ2) is 4.43. The van der Waals surface area contributed by atoms with Gasteiger partial charge in [-0.2, -0.15) is 4.99 Å². The molecule has 4 aliphatic rings. The van der Waals surface area contributed by atoms with Gasteiger partial charge in [0.25, 0.3) is 0 Å². The summed E-state index contributed by atoms with van der Waals surface area (Å²) in [4.78, 5) is 4.64. The minimum absolute atomic E-state index is 0.0721. The van der Waals surface area contributed by atoms with Crippen molar-refractivity contribution in [1.29, 1.82) is 0 Å². The summed E-state index contributed by atoms with van der Waals surface area (Å²) in [6.45, 7) is 2.17. The SMILES string of the molecule is COC1=N[C@@H]2C[C@H](O)CC3=C2C2(C=[C+]1)C=C(C)CC[C@H]2O3. The van der Waals surface area contributed by atoms with Crippen molar-refractivity contribution in [2.24, 2.45) is 10.4 Å². The molecule has 4 atom stereocenters. The number of aliphatic imine (C=N–C) groups is 1. The zero-order valence-electron chi connectivity index (χ0n) is 12.4. The van der Waals surface area contributed by atoms with Gasteiger partial charge in [0, 0.05) is 18.4 Å². The minimum atomic E-state index is -0.393. The maximum absolute atomic E-state index is 10.1. The highest BCUT2D eigenvalue weighted by atomic mass is 16.5. The number of hydrogen-bond acceptors (Lipinski definition) is 4. The fourth-order valence-corrected chi connectivity index (χ4v) is 4.16. The van der Waals surface area contributed by atoms with E-state index in [2.05, 4.69) is 30.1 Å². The van der Waals surface area contributed by atoms with Gasteiger partial charge in [-0.1, -0.05) is 11.6 Å². The summed E-state index contributed by atoms with van der Waals surface area (Å²) < 4.78 is 11.5. The van der Waals surface area contributed by atoms with Gasteiger partial charge in [0.1, 0.15) is 17.3 Å². The van der Waals surface area contributed by atoms with Crippen molar-refractivity contribution in [3.63, 3.8) is 0 Å². The molecular formula is C17H20NO3+. The van der Waals surface area contributed by atoms with Crippen molar-refractivity contribution < 1.29 is 14.6 Å². The first-order valence-electron chi connectivity index (χ1n) is 7.61. The Hall–Kier alpha value is -1.64. The van der Waals surface area contributed by atoms with E-state index >= 15 is 0 Å². The van der Waals surface area contributed by atoms with Crippen molar-refractivity contribution in [3.8, 4) is 0 Å². The number of methoxy groups -OCH3 is 1. The summed E-state index contributed by atoms with van der Waals surface area (Å²) in [5.41, 5.74) is 2.36. The van der Waals surface area contributed by atoms with Gasteiger partial charge in [-0.05, 0) is 19.8 Å². The summed E-state index contributed by atoms with van der Waals surface area (Å²) in [5.74, 6) is 1.45. The maximum Gasteiger partial charge on any atom is 0.470 e. The topological polar surface area (TPSA) is 51.0 Å². The number of hydrogen-bond donors (Lipinski definition) is 1. The molecule has 1 unspecified atom stereocenters. The van der Waals surface area contributed by atoms with E-state index in [1.54, 1.807) is 7.11 Å². The molecule has 2 aliphatic heterocycles. The molecule has 0 aromatic heterocycles. The van der Waals surface area contributed by atoms with Crippen molar-refractivity contribution in [3.05, 3.63) is 35.1 Å². The highest BCUT2D eigenvalue weighted by molar-refractivity contribution is 5.85. The molecule has 1 spiro atoms. The van der Waals surface area contributed by atoms with Crippen LogP contribution in [0.4, 0.5) is 0 Å². The standard InChI is InChI=1S/C17H20NO3/c1-10-3-4-14-17(9-10)6-5-15(20-2)18-12-7-11(19)8-13(21-14)16(12)17/h6,9,11-12,14,19H,3-4,7-8H2,1-2H3/q+1/t11-,12+,14+,17?/m0/s1. The predicted octanol–water partition coefficient (Wildman–Crippen LogP) is 2.31. The lowest BCUT2D eigenvalue weighted by molar-refractivity contribution is 0.0676. The van der Waals surface area contributed by atoms with Gasteiger partial charge >= 0.3 is 12.0 Å². The van der Waals surface area contributed by atoms with Gasteiger partial charge in [-0.25, -0.2) is 0 Å². The van der Waals surface area contributed by atoms with Crippen LogP contribution in [0.5, 0.6) is 0 Å². The van der Waals surface area contributed by atoms with E-state index < -0.39 is 6.10 Å². The van der Waals surface area contributed by atoms with Crippen LogP contribution in [0.15, 0.2) is 34.0 Å². The molecule has 2 aliphatic carbocycles. The molecule has 0 saturated heterocycles. The van der Waals surface area contributed by atoms with E-state index in [9.17, 15) is 5.11 Å². The normalized spacial score (nSPS) is 40.2. The lowest BCUT2D eigenvalue weighted by Crippen LogP contribution is -2.37. The van der Waals surface area contributed by atoms with Crippen molar-refractivity contribution in [2.45, 2.75) is 50.9 Å². The zero-order chi connectivity index (χ0) is 14.6. The molecule has 21 heavy (non-hydrogen) atoms. The summed E-state index contributed by atoms with van der Waals surface area (Å²) >= 11 is 0. The Morgan fingerprint density at radius 2 is 2.38 bits per heavy atom. The third kappa shape index (κ3) is 1.79. The van der Waals surface area contributed by atoms with Gasteiger partial charge < -0.3 is 14.6 Å². The second-order valence-corrected chi connectivity index (χ2v) is 6.44. The Morgan fingerprint density at radius 1 is 1.52 bits per heavy atom. The highest BCUT2D eigenvalue weighted by Gasteiger charge is 2.57. The van der Waals surface area contributed by atoms with Gasteiger partial charge in [0.15, 0.2) is 6.08 Å². The second-order valence-electron chi connectivity index (χ2n) is 6.44. The monoisotopic (exact) mass is 286 g/mol. The van der Waals surface area contributed by atoms with Gasteiger partial charge in [0.05, 0.1) is 19.3 Å². The number of nitrogens with zero attached hydrogens (tertiary/aromatic N) is 1. The molecule has 2 heterocycles. The third-order valence-corrected chi connectivity index (χ3v) is 5.02. The number of rotatable bonds is 0. The van der Waals surface area contributed by atoms with E-state index in [1.165, 1.54) is 11.1 Å². The van der Waals surface area contributed by atoms with Crippen molar-refractivity contribution >= 4 is 5.90 Å². The van der Waals surface area contributed by atoms with E-state index in [4.69, 9.17) is 9.47 Å². The largest absolute Gasteiger partial charge is 0.493 e. The number of aliphatic hydroxyl groups excluding tert-OH is 1. The Morgan fingerprint density at radius 3 is 3.19 bits per heavy atom. The van der Waals surface area contributed by atoms with Crippen molar-refractivity contribution in [2.75, 3.05) is 7.11 Å². The van der Waals surface area contributed by atoms with Crippen LogP contribution in [-0.4, -0.2) is 36.4 Å². The van der Waals surface area contributed by atoms with E-state index in [0.29, 0.717) is 18.7 Å². The summed E-state index contributed by atoms with van der Waals surface area (Å²) in [6.07, 6.45) is 10.6. The number of aliphatic hydroxyl groups is 1. The first-order chi connectivity index (χ1) is 10.1. The summed E-state index contributed by atoms with van der Waals surface area (Å²) in [6, 6.07) is -0.0721. The van der Waals surface area contributed by atoms with E-state index in [0.717, 1.165) is 18.6 Å². The lowest BCUT2D eigenvalue weighted by Gasteiger charge is -2.33. The molecular weight excluding hydrogens is 266 g/mol. The third-order valence-electron chi connectivity index (χ3n) is 5.02. The molecule has 0 aromatic carbocycles. The molecule has 4 rings (SSSR count). The molecule has 0 bridgehead atoms. The quantitative estimate of drug-likeness (QED) is 0.549. The van der Waals surface area contributed by atoms with Crippen LogP contribution in [0.25, 0.3) is 0 Å². The Balaban J connectivity index is 1.91. The Bertz CT molecular complexity index is 601. The molecule has 110 valence electrons. The Labute approximate surface area is 124 Å². The predicted molar refractivity (Wildman–Crippen MR) is 78.6 cm³/mol. The molecule has 0 saturated carbocycles. The molecule has 4 heteroatoms. The van der Waals surface area contributed by atoms with Crippen LogP contribution in [-0.2, 0) is 9.47 Å². The van der Waals surface area contributed by atoms with Crippen LogP contribution in [0.2, 0.25) is 0 Å². The molecule has 0 fully saturated rings. The molecule has 1 N–H and O–H groups in total. The molecule has 0 aromatic rings. The lowest BCUT2D eigenvalue weighted by atomic mass is 9.66. The van der Waals surface area contributed by atoms with Crippen molar-refractivity contribution in [1.82, 2.24) is 0 Å². The van der Waals surface area contributed by atoms with Gasteiger partial charge in [0.2, 0.25) is 0 Å². The van der Waals surface area contributed by atoms with Crippen LogP contribution in [0.3, 0.4) is 0 Å². The van der Waals surface area contributed by atoms with Crippen LogP contribution >= 0.6 is 0 Å². The summed E-state index contributed by atoms with van der Waals surface area (Å²) in [7, 11) is 1.61. The Kier molecular flexibility index (Phi) is 2.75. The van der Waals surface area contributed by atoms with Gasteiger partial charge in [-0.15, -0.1) is 0 Å². The van der Waals surface area contributed by atoms with Crippen LogP contribution in [0.1, 0.15) is 32.6 Å². The molecule has 0 amide bonds. The summed E-state index contributed by atoms with van der Waals surface area (Å²) in [5, 5.41) is 10.1. The fourth-order valence-electron chi connectivity index (χ4n) is 4.16. The minimum Gasteiger partial charge on any atom is -0.493 e. The number of ether oxygens (including phenoxy) is 2. The molecule has 4 nitrogen and oxygen atoms in total. The average molecular weight is 286 g/mol. The average Bonchev–Trinajstić information content (AvgIpc) is 2.67. The van der Waals surface area contributed by atoms with Gasteiger partial charge in [-0.3, -0.25) is 0 Å². The fraction of sp³-hybridized carbons (Fsp3) is 0.588. The molecule has 0 radical (unpaired) electrons. The van der Waals surface area contributed by atoms with E-state index in [-0.39, 0.29) is 17.6 Å². The zero-order valence-corrected chi connectivity index (χ0v) is 12.4. The van der Waals surface area contributed by atoms with Crippen LogP contribution in [0, 0.1) is 11.5 Å². The number of allylic oxidation sites excluding steroid dienone is 1. The smallest absolute Gasteiger partial charge is 0.470 e. The maximum atomic E-state index is 10.1.